The number of nitrogens with one attached hydrogen (secondary N) is 1. The highest BCUT2D eigenvalue weighted by atomic mass is 32.1. The Kier molecular flexibility index (Phi) is 6.08. The van der Waals surface area contributed by atoms with E-state index in [-0.39, 0.29) is 12.8 Å². The summed E-state index contributed by atoms with van der Waals surface area (Å²) in [6, 6.07) is 6.40. The quantitative estimate of drug-likeness (QED) is 0.712. The smallest absolute Gasteiger partial charge is 0.454 e. The van der Waals surface area contributed by atoms with Crippen molar-refractivity contribution in [2.45, 2.75) is 50.5 Å². The van der Waals surface area contributed by atoms with Crippen LogP contribution in [-0.4, -0.2) is 35.7 Å². The number of benzene rings is 1. The highest BCUT2D eigenvalue weighted by molar-refractivity contribution is 7.10. The number of rotatable bonds is 6. The molecule has 2 amide bonds. The normalized spacial score (nSPS) is 16.9. The molecular weight excluding hydrogens is 433 g/mol. The molecule has 1 aromatic carbocycles. The average Bonchev–Trinajstić information content (AvgIpc) is 3.48. The van der Waals surface area contributed by atoms with E-state index in [0.717, 1.165) is 37.0 Å². The van der Waals surface area contributed by atoms with Gasteiger partial charge in [0.1, 0.15) is 6.04 Å². The number of ether oxygens (including phenoxy) is 2. The predicted molar refractivity (Wildman–Crippen MR) is 107 cm³/mol. The van der Waals surface area contributed by atoms with Crippen LogP contribution in [0.25, 0.3) is 0 Å². The zero-order valence-electron chi connectivity index (χ0n) is 16.5. The van der Waals surface area contributed by atoms with E-state index in [9.17, 15) is 22.8 Å². The Morgan fingerprint density at radius 3 is 2.58 bits per heavy atom. The largest absolute Gasteiger partial charge is 0.471 e. The Labute approximate surface area is 180 Å². The first-order chi connectivity index (χ1) is 14.8. The maximum atomic E-state index is 13.5. The predicted octanol–water partition coefficient (Wildman–Crippen LogP) is 4.17. The van der Waals surface area contributed by atoms with Gasteiger partial charge in [0.15, 0.2) is 11.5 Å². The third-order valence-electron chi connectivity index (χ3n) is 5.37. The summed E-state index contributed by atoms with van der Waals surface area (Å²) in [5.74, 6) is -1.80. The maximum absolute atomic E-state index is 13.5. The third kappa shape index (κ3) is 4.79. The Bertz CT molecular complexity index is 943. The van der Waals surface area contributed by atoms with Crippen molar-refractivity contribution in [3.8, 4) is 11.5 Å². The number of fused-ring (bicyclic) bond motifs is 1. The monoisotopic (exact) mass is 454 g/mol. The molecule has 166 valence electrons. The minimum Gasteiger partial charge on any atom is -0.454 e. The van der Waals surface area contributed by atoms with Gasteiger partial charge in [-0.2, -0.15) is 13.2 Å². The molecule has 31 heavy (non-hydrogen) atoms. The van der Waals surface area contributed by atoms with Crippen molar-refractivity contribution in [1.82, 2.24) is 10.2 Å². The first-order valence-electron chi connectivity index (χ1n) is 9.93. The molecular formula is C21H21F3N2O4S. The molecule has 0 unspecified atom stereocenters. The van der Waals surface area contributed by atoms with Crippen LogP contribution in [-0.2, 0) is 16.1 Å². The molecule has 1 atom stereocenters. The van der Waals surface area contributed by atoms with Gasteiger partial charge in [-0.05, 0) is 42.0 Å². The van der Waals surface area contributed by atoms with Crippen molar-refractivity contribution in [1.29, 1.82) is 0 Å². The fourth-order valence-corrected chi connectivity index (χ4v) is 4.74. The van der Waals surface area contributed by atoms with Crippen molar-refractivity contribution < 1.29 is 32.2 Å². The van der Waals surface area contributed by atoms with Gasteiger partial charge >= 0.3 is 12.1 Å². The van der Waals surface area contributed by atoms with Crippen LogP contribution in [0.5, 0.6) is 11.5 Å². The molecule has 2 heterocycles. The van der Waals surface area contributed by atoms with Gasteiger partial charge in [-0.15, -0.1) is 11.3 Å². The SMILES string of the molecule is O=C(NC1CCCC1)[C@@H](c1cccs1)N(Cc1ccc2c(c1)OCO2)C(=O)C(F)(F)F. The van der Waals surface area contributed by atoms with E-state index in [1.54, 1.807) is 29.6 Å². The summed E-state index contributed by atoms with van der Waals surface area (Å²) in [5.41, 5.74) is 0.400. The van der Waals surface area contributed by atoms with E-state index in [1.165, 1.54) is 6.07 Å². The summed E-state index contributed by atoms with van der Waals surface area (Å²) in [6.07, 6.45) is -1.66. The second-order valence-corrected chi connectivity index (χ2v) is 8.51. The van der Waals surface area contributed by atoms with Crippen LogP contribution in [0.3, 0.4) is 0 Å². The van der Waals surface area contributed by atoms with Crippen LogP contribution in [0.4, 0.5) is 13.2 Å². The third-order valence-corrected chi connectivity index (χ3v) is 6.29. The minimum atomic E-state index is -5.13. The molecule has 2 aromatic rings. The van der Waals surface area contributed by atoms with Crippen molar-refractivity contribution in [3.05, 3.63) is 46.2 Å². The molecule has 0 bridgehead atoms. The highest BCUT2D eigenvalue weighted by Crippen LogP contribution is 2.36. The molecule has 0 spiro atoms. The van der Waals surface area contributed by atoms with Crippen molar-refractivity contribution in [2.75, 3.05) is 6.79 Å². The highest BCUT2D eigenvalue weighted by Gasteiger charge is 2.47. The summed E-state index contributed by atoms with van der Waals surface area (Å²) in [6.45, 7) is -0.388. The number of hydrogen-bond acceptors (Lipinski definition) is 5. The van der Waals surface area contributed by atoms with Crippen LogP contribution >= 0.6 is 11.3 Å². The number of carbonyl (C=O) groups excluding carboxylic acids is 2. The van der Waals surface area contributed by atoms with Gasteiger partial charge in [-0.25, -0.2) is 0 Å². The Balaban J connectivity index is 1.67. The summed E-state index contributed by atoms with van der Waals surface area (Å²) >= 11 is 1.14. The second-order valence-electron chi connectivity index (χ2n) is 7.53. The van der Waals surface area contributed by atoms with Gasteiger partial charge in [-0.3, -0.25) is 9.59 Å². The van der Waals surface area contributed by atoms with Crippen LogP contribution in [0, 0.1) is 0 Å². The fraction of sp³-hybridized carbons (Fsp3) is 0.429. The fourth-order valence-electron chi connectivity index (χ4n) is 3.90. The molecule has 1 fully saturated rings. The molecule has 6 nitrogen and oxygen atoms in total. The van der Waals surface area contributed by atoms with Gasteiger partial charge in [0.2, 0.25) is 12.7 Å². The lowest BCUT2D eigenvalue weighted by atomic mass is 10.1. The number of nitrogens with zero attached hydrogens (tertiary/aromatic N) is 1. The molecule has 4 rings (SSSR count). The van der Waals surface area contributed by atoms with Crippen LogP contribution in [0.1, 0.15) is 42.2 Å². The van der Waals surface area contributed by atoms with Crippen LogP contribution in [0.15, 0.2) is 35.7 Å². The van der Waals surface area contributed by atoms with E-state index < -0.39 is 30.6 Å². The number of hydrogen-bond donors (Lipinski definition) is 1. The van der Waals surface area contributed by atoms with E-state index in [4.69, 9.17) is 9.47 Å². The molecule has 10 heteroatoms. The van der Waals surface area contributed by atoms with E-state index in [2.05, 4.69) is 5.32 Å². The Morgan fingerprint density at radius 1 is 1.16 bits per heavy atom. The zero-order chi connectivity index (χ0) is 22.0. The molecule has 2 aliphatic rings. The zero-order valence-corrected chi connectivity index (χ0v) is 17.3. The van der Waals surface area contributed by atoms with E-state index >= 15 is 0 Å². The van der Waals surface area contributed by atoms with Gasteiger partial charge in [0.05, 0.1) is 0 Å². The summed E-state index contributed by atoms with van der Waals surface area (Å²) < 4.78 is 51.1. The standard InChI is InChI=1S/C21H21F3N2O4S/c22-21(23,24)20(28)26(11-13-7-8-15-16(10-13)30-12-29-15)18(17-6-3-9-31-17)19(27)25-14-4-1-2-5-14/h3,6-10,14,18H,1-2,4-5,11-12H2,(H,25,27)/t18-/m1/s1. The molecule has 0 saturated heterocycles. The van der Waals surface area contributed by atoms with Gasteiger partial charge in [0, 0.05) is 17.5 Å². The summed E-state index contributed by atoms with van der Waals surface area (Å²) in [7, 11) is 0. The molecule has 1 aromatic heterocycles. The molecule has 1 aliphatic heterocycles. The summed E-state index contributed by atoms with van der Waals surface area (Å²) in [5, 5.41) is 4.51. The van der Waals surface area contributed by atoms with Crippen LogP contribution in [0.2, 0.25) is 0 Å². The second kappa shape index (κ2) is 8.78. The van der Waals surface area contributed by atoms with Crippen molar-refractivity contribution in [3.63, 3.8) is 0 Å². The van der Waals surface area contributed by atoms with Gasteiger partial charge < -0.3 is 19.7 Å². The molecule has 1 saturated carbocycles. The van der Waals surface area contributed by atoms with Gasteiger partial charge in [0.25, 0.3) is 0 Å². The number of amides is 2. The van der Waals surface area contributed by atoms with Crippen molar-refractivity contribution >= 4 is 23.2 Å². The number of halogens is 3. The first kappa shape index (κ1) is 21.5. The topological polar surface area (TPSA) is 67.9 Å². The van der Waals surface area contributed by atoms with E-state index in [0.29, 0.717) is 26.8 Å². The number of alkyl halides is 3. The Hall–Kier alpha value is -2.75. The lowest BCUT2D eigenvalue weighted by Gasteiger charge is -2.32. The average molecular weight is 454 g/mol. The molecule has 1 N–H and O–H groups in total. The maximum Gasteiger partial charge on any atom is 0.471 e. The first-order valence-corrected chi connectivity index (χ1v) is 10.8. The minimum absolute atomic E-state index is 0.0194. The van der Waals surface area contributed by atoms with Crippen LogP contribution < -0.4 is 14.8 Å². The van der Waals surface area contributed by atoms with E-state index in [1.807, 2.05) is 0 Å². The lowest BCUT2D eigenvalue weighted by Crippen LogP contribution is -2.49. The lowest BCUT2D eigenvalue weighted by molar-refractivity contribution is -0.189. The Morgan fingerprint density at radius 2 is 1.90 bits per heavy atom. The number of carbonyl (C=O) groups is 2. The van der Waals surface area contributed by atoms with Crippen molar-refractivity contribution in [2.24, 2.45) is 0 Å². The molecule has 0 radical (unpaired) electrons. The summed E-state index contributed by atoms with van der Waals surface area (Å²) in [4.78, 5) is 26.5. The van der Waals surface area contributed by atoms with Gasteiger partial charge in [-0.1, -0.05) is 25.0 Å². The molecule has 1 aliphatic carbocycles. The number of thiophene rings is 1.